The molecular weight excluding hydrogens is 260 g/mol. The molecule has 0 spiro atoms. The average Bonchev–Trinajstić information content (AvgIpc) is 3.29. The normalized spacial score (nSPS) is 15.8. The van der Waals surface area contributed by atoms with Crippen LogP contribution < -0.4 is 16.0 Å². The van der Waals surface area contributed by atoms with E-state index in [1.165, 1.54) is 29.5 Å². The molecule has 3 heteroatoms. The van der Waals surface area contributed by atoms with Gasteiger partial charge >= 0.3 is 0 Å². The van der Waals surface area contributed by atoms with Gasteiger partial charge in [-0.3, -0.25) is 5.84 Å². The number of hydrazine groups is 1. The Hall–Kier alpha value is -1.84. The molecule has 0 aliphatic heterocycles. The fourth-order valence-electron chi connectivity index (χ4n) is 2.60. The first-order chi connectivity index (χ1) is 10.2. The van der Waals surface area contributed by atoms with Gasteiger partial charge in [-0.15, -0.1) is 0 Å². The van der Waals surface area contributed by atoms with Crippen LogP contribution in [0.15, 0.2) is 42.5 Å². The molecule has 110 valence electrons. The second-order valence-electron chi connectivity index (χ2n) is 5.78. The zero-order valence-electron chi connectivity index (χ0n) is 12.6. The first-order valence-corrected chi connectivity index (χ1v) is 7.48. The van der Waals surface area contributed by atoms with Crippen molar-refractivity contribution in [2.75, 3.05) is 0 Å². The minimum atomic E-state index is -0.0207. The maximum Gasteiger partial charge on any atom is 0.120 e. The summed E-state index contributed by atoms with van der Waals surface area (Å²) in [7, 11) is 0. The summed E-state index contributed by atoms with van der Waals surface area (Å²) in [6.07, 6.45) is 2.74. The number of benzene rings is 2. The Morgan fingerprint density at radius 2 is 1.90 bits per heavy atom. The Kier molecular flexibility index (Phi) is 3.95. The van der Waals surface area contributed by atoms with E-state index in [4.69, 9.17) is 10.6 Å². The third kappa shape index (κ3) is 3.09. The van der Waals surface area contributed by atoms with Crippen LogP contribution in [0.2, 0.25) is 0 Å². The molecule has 0 amide bonds. The van der Waals surface area contributed by atoms with E-state index < -0.39 is 0 Å². The Balaban J connectivity index is 1.93. The Labute approximate surface area is 126 Å². The van der Waals surface area contributed by atoms with E-state index in [9.17, 15) is 0 Å². The Morgan fingerprint density at radius 3 is 2.62 bits per heavy atom. The Bertz CT molecular complexity index is 635. The number of nitrogens with two attached hydrogens (primary N) is 1. The molecule has 21 heavy (non-hydrogen) atoms. The molecular formula is C18H22N2O. The van der Waals surface area contributed by atoms with Crippen molar-refractivity contribution in [2.24, 2.45) is 5.84 Å². The van der Waals surface area contributed by atoms with Gasteiger partial charge in [0.05, 0.1) is 12.1 Å². The third-order valence-electron chi connectivity index (χ3n) is 4.14. The van der Waals surface area contributed by atoms with E-state index in [0.29, 0.717) is 6.10 Å². The van der Waals surface area contributed by atoms with E-state index in [1.54, 1.807) is 0 Å². The van der Waals surface area contributed by atoms with Crippen molar-refractivity contribution in [2.45, 2.75) is 38.8 Å². The van der Waals surface area contributed by atoms with Crippen LogP contribution in [0.4, 0.5) is 0 Å². The second kappa shape index (κ2) is 5.88. The lowest BCUT2D eigenvalue weighted by Gasteiger charge is -2.21. The molecule has 0 radical (unpaired) electrons. The number of nitrogens with one attached hydrogen (secondary N) is 1. The molecule has 2 aromatic rings. The molecule has 0 aromatic heterocycles. The molecule has 1 saturated carbocycles. The van der Waals surface area contributed by atoms with E-state index in [0.717, 1.165) is 11.3 Å². The van der Waals surface area contributed by atoms with Crippen molar-refractivity contribution in [3.63, 3.8) is 0 Å². The first-order valence-electron chi connectivity index (χ1n) is 7.48. The molecule has 3 nitrogen and oxygen atoms in total. The number of hydrogen-bond donors (Lipinski definition) is 2. The smallest absolute Gasteiger partial charge is 0.120 e. The van der Waals surface area contributed by atoms with Crippen LogP contribution in [0.5, 0.6) is 5.75 Å². The number of aryl methyl sites for hydroxylation is 1. The monoisotopic (exact) mass is 282 g/mol. The summed E-state index contributed by atoms with van der Waals surface area (Å²) >= 11 is 0. The van der Waals surface area contributed by atoms with Crippen molar-refractivity contribution < 1.29 is 4.74 Å². The van der Waals surface area contributed by atoms with Gasteiger partial charge in [-0.25, -0.2) is 5.43 Å². The number of ether oxygens (including phenoxy) is 1. The van der Waals surface area contributed by atoms with Crippen molar-refractivity contribution in [1.29, 1.82) is 0 Å². The molecule has 1 unspecified atom stereocenters. The van der Waals surface area contributed by atoms with Crippen molar-refractivity contribution in [3.8, 4) is 5.75 Å². The lowest BCUT2D eigenvalue weighted by Crippen LogP contribution is -2.29. The van der Waals surface area contributed by atoms with Gasteiger partial charge in [0.1, 0.15) is 5.75 Å². The van der Waals surface area contributed by atoms with E-state index in [1.807, 2.05) is 12.1 Å². The van der Waals surface area contributed by atoms with Gasteiger partial charge < -0.3 is 4.74 Å². The van der Waals surface area contributed by atoms with Crippen LogP contribution >= 0.6 is 0 Å². The zero-order valence-corrected chi connectivity index (χ0v) is 12.6. The summed E-state index contributed by atoms with van der Waals surface area (Å²) in [6, 6.07) is 14.5. The summed E-state index contributed by atoms with van der Waals surface area (Å²) in [5.41, 5.74) is 7.83. The molecule has 1 aliphatic rings. The second-order valence-corrected chi connectivity index (χ2v) is 5.78. The van der Waals surface area contributed by atoms with Gasteiger partial charge in [0.15, 0.2) is 0 Å². The van der Waals surface area contributed by atoms with E-state index in [-0.39, 0.29) is 6.04 Å². The van der Waals surface area contributed by atoms with Gasteiger partial charge in [-0.05, 0) is 61.1 Å². The van der Waals surface area contributed by atoms with Gasteiger partial charge in [-0.2, -0.15) is 0 Å². The summed E-state index contributed by atoms with van der Waals surface area (Å²) in [4.78, 5) is 0. The highest BCUT2D eigenvalue weighted by molar-refractivity contribution is 5.42. The molecule has 0 saturated heterocycles. The molecule has 0 heterocycles. The van der Waals surface area contributed by atoms with Gasteiger partial charge in [-0.1, -0.05) is 30.3 Å². The van der Waals surface area contributed by atoms with Crippen molar-refractivity contribution in [1.82, 2.24) is 5.43 Å². The molecule has 3 N–H and O–H groups in total. The van der Waals surface area contributed by atoms with Crippen LogP contribution in [0.3, 0.4) is 0 Å². The van der Waals surface area contributed by atoms with Gasteiger partial charge in [0.25, 0.3) is 0 Å². The molecule has 1 atom stereocenters. The predicted molar refractivity (Wildman–Crippen MR) is 85.2 cm³/mol. The summed E-state index contributed by atoms with van der Waals surface area (Å²) in [5.74, 6) is 6.76. The van der Waals surface area contributed by atoms with Crippen molar-refractivity contribution in [3.05, 3.63) is 64.7 Å². The lowest BCUT2D eigenvalue weighted by molar-refractivity contribution is 0.302. The third-order valence-corrected chi connectivity index (χ3v) is 4.14. The largest absolute Gasteiger partial charge is 0.490 e. The molecule has 3 rings (SSSR count). The lowest BCUT2D eigenvalue weighted by atomic mass is 9.93. The Morgan fingerprint density at radius 1 is 1.14 bits per heavy atom. The van der Waals surface area contributed by atoms with Gasteiger partial charge in [0, 0.05) is 0 Å². The highest BCUT2D eigenvalue weighted by atomic mass is 16.5. The summed E-state index contributed by atoms with van der Waals surface area (Å²) < 4.78 is 5.88. The van der Waals surface area contributed by atoms with Crippen LogP contribution in [-0.2, 0) is 0 Å². The van der Waals surface area contributed by atoms with Gasteiger partial charge in [0.2, 0.25) is 0 Å². The zero-order chi connectivity index (χ0) is 14.8. The number of hydrogen-bond acceptors (Lipinski definition) is 3. The van der Waals surface area contributed by atoms with Crippen LogP contribution in [0.1, 0.15) is 41.1 Å². The van der Waals surface area contributed by atoms with Crippen molar-refractivity contribution >= 4 is 0 Å². The summed E-state index contributed by atoms with van der Waals surface area (Å²) in [6.45, 7) is 4.26. The maximum atomic E-state index is 5.88. The molecule has 1 fully saturated rings. The van der Waals surface area contributed by atoms with Crippen LogP contribution in [-0.4, -0.2) is 6.10 Å². The quantitative estimate of drug-likeness (QED) is 0.652. The minimum Gasteiger partial charge on any atom is -0.490 e. The maximum absolute atomic E-state index is 5.88. The summed E-state index contributed by atoms with van der Waals surface area (Å²) in [5, 5.41) is 0. The predicted octanol–water partition coefficient (Wildman–Crippen LogP) is 3.40. The fraction of sp³-hybridized carbons (Fsp3) is 0.333. The van der Waals surface area contributed by atoms with E-state index in [2.05, 4.69) is 49.6 Å². The fourth-order valence-corrected chi connectivity index (χ4v) is 2.60. The standard InChI is InChI=1S/C18H22N2O/c1-12-5-3-8-17(13(12)2)18(20-19)14-6-4-7-16(11-14)21-15-9-10-15/h3-8,11,15,18,20H,9-10,19H2,1-2H3. The highest BCUT2D eigenvalue weighted by Crippen LogP contribution is 2.31. The highest BCUT2D eigenvalue weighted by Gasteiger charge is 2.24. The average molecular weight is 282 g/mol. The topological polar surface area (TPSA) is 47.3 Å². The number of rotatable bonds is 5. The first kappa shape index (κ1) is 14.1. The minimum absolute atomic E-state index is 0.0207. The van der Waals surface area contributed by atoms with E-state index >= 15 is 0 Å². The SMILES string of the molecule is Cc1cccc(C(NN)c2cccc(OC3CC3)c2)c1C. The van der Waals surface area contributed by atoms with Crippen LogP contribution in [0.25, 0.3) is 0 Å². The van der Waals surface area contributed by atoms with Crippen LogP contribution in [0, 0.1) is 13.8 Å². The molecule has 0 bridgehead atoms. The molecule has 2 aromatic carbocycles. The molecule has 1 aliphatic carbocycles.